The molecular formula is C15H20Br2O2. The average Bonchev–Trinajstić information content (AvgIpc) is 2.44. The highest BCUT2D eigenvalue weighted by Gasteiger charge is 2.49. The van der Waals surface area contributed by atoms with Gasteiger partial charge < -0.3 is 9.84 Å². The Morgan fingerprint density at radius 3 is 2.11 bits per heavy atom. The standard InChI is InChI=1S/C15H20Br2O2/c1-14(2)8-12(15(3,4)19-14)13(18)9-5-10(16)7-11(17)6-9/h5-7,12-13,18H,8H2,1-4H3. The minimum absolute atomic E-state index is 0.0868. The highest BCUT2D eigenvalue weighted by Crippen LogP contribution is 2.48. The summed E-state index contributed by atoms with van der Waals surface area (Å²) in [5.74, 6) is 0.0868. The predicted octanol–water partition coefficient (Wildman–Crippen LogP) is 4.84. The Morgan fingerprint density at radius 2 is 1.68 bits per heavy atom. The van der Waals surface area contributed by atoms with E-state index in [1.807, 2.05) is 18.2 Å². The van der Waals surface area contributed by atoms with E-state index in [1.54, 1.807) is 0 Å². The Labute approximate surface area is 131 Å². The van der Waals surface area contributed by atoms with Gasteiger partial charge >= 0.3 is 0 Å². The minimum atomic E-state index is -0.523. The molecule has 1 aromatic rings. The maximum Gasteiger partial charge on any atom is 0.0847 e. The van der Waals surface area contributed by atoms with Crippen LogP contribution >= 0.6 is 31.9 Å². The largest absolute Gasteiger partial charge is 0.388 e. The van der Waals surface area contributed by atoms with Crippen LogP contribution in [0.1, 0.15) is 45.8 Å². The smallest absolute Gasteiger partial charge is 0.0847 e. The molecule has 1 fully saturated rings. The fourth-order valence-corrected chi connectivity index (χ4v) is 4.40. The Bertz CT molecular complexity index is 463. The van der Waals surface area contributed by atoms with E-state index in [0.29, 0.717) is 0 Å². The first-order valence-electron chi connectivity index (χ1n) is 6.45. The van der Waals surface area contributed by atoms with E-state index in [9.17, 15) is 5.11 Å². The van der Waals surface area contributed by atoms with E-state index < -0.39 is 6.10 Å². The molecule has 19 heavy (non-hydrogen) atoms. The molecule has 0 saturated carbocycles. The van der Waals surface area contributed by atoms with Crippen molar-refractivity contribution in [2.24, 2.45) is 5.92 Å². The lowest BCUT2D eigenvalue weighted by molar-refractivity contribution is -0.0880. The van der Waals surface area contributed by atoms with Crippen molar-refractivity contribution in [3.05, 3.63) is 32.7 Å². The van der Waals surface area contributed by atoms with Gasteiger partial charge in [-0.25, -0.2) is 0 Å². The third-order valence-corrected chi connectivity index (χ3v) is 4.67. The van der Waals surface area contributed by atoms with Crippen molar-refractivity contribution in [3.63, 3.8) is 0 Å². The lowest BCUT2D eigenvalue weighted by atomic mass is 9.80. The van der Waals surface area contributed by atoms with Gasteiger partial charge in [-0.15, -0.1) is 0 Å². The normalized spacial score (nSPS) is 26.4. The van der Waals surface area contributed by atoms with Crippen LogP contribution < -0.4 is 0 Å². The first-order valence-corrected chi connectivity index (χ1v) is 8.03. The minimum Gasteiger partial charge on any atom is -0.388 e. The summed E-state index contributed by atoms with van der Waals surface area (Å²) in [5.41, 5.74) is 0.413. The van der Waals surface area contributed by atoms with Crippen LogP contribution in [-0.4, -0.2) is 16.3 Å². The van der Waals surface area contributed by atoms with E-state index >= 15 is 0 Å². The summed E-state index contributed by atoms with van der Waals surface area (Å²) >= 11 is 6.94. The molecular weight excluding hydrogens is 372 g/mol. The molecule has 1 aliphatic heterocycles. The highest BCUT2D eigenvalue weighted by atomic mass is 79.9. The zero-order valence-corrected chi connectivity index (χ0v) is 14.9. The van der Waals surface area contributed by atoms with E-state index in [2.05, 4.69) is 59.6 Å². The molecule has 0 bridgehead atoms. The summed E-state index contributed by atoms with van der Waals surface area (Å²) in [7, 11) is 0. The van der Waals surface area contributed by atoms with Crippen molar-refractivity contribution in [1.29, 1.82) is 0 Å². The van der Waals surface area contributed by atoms with Crippen molar-refractivity contribution in [3.8, 4) is 0 Å². The molecule has 2 nitrogen and oxygen atoms in total. The van der Waals surface area contributed by atoms with Gasteiger partial charge in [-0.1, -0.05) is 31.9 Å². The van der Waals surface area contributed by atoms with Crippen LogP contribution in [0.3, 0.4) is 0 Å². The summed E-state index contributed by atoms with van der Waals surface area (Å²) in [6.07, 6.45) is 0.330. The van der Waals surface area contributed by atoms with Crippen LogP contribution in [0, 0.1) is 5.92 Å². The Morgan fingerprint density at radius 1 is 1.16 bits per heavy atom. The average molecular weight is 392 g/mol. The zero-order chi connectivity index (χ0) is 14.4. The maximum atomic E-state index is 10.7. The van der Waals surface area contributed by atoms with Crippen molar-refractivity contribution in [2.75, 3.05) is 0 Å². The summed E-state index contributed by atoms with van der Waals surface area (Å²) in [5, 5.41) is 10.7. The number of ether oxygens (including phenoxy) is 1. The van der Waals surface area contributed by atoms with E-state index in [-0.39, 0.29) is 17.1 Å². The lowest BCUT2D eigenvalue weighted by Gasteiger charge is -2.30. The number of aliphatic hydroxyl groups is 1. The number of halogens is 2. The number of hydrogen-bond acceptors (Lipinski definition) is 2. The van der Waals surface area contributed by atoms with Gasteiger partial charge in [0.05, 0.1) is 17.3 Å². The van der Waals surface area contributed by atoms with Crippen molar-refractivity contribution in [1.82, 2.24) is 0 Å². The van der Waals surface area contributed by atoms with Gasteiger partial charge in [0.15, 0.2) is 0 Å². The van der Waals surface area contributed by atoms with Gasteiger partial charge in [-0.05, 0) is 57.9 Å². The number of rotatable bonds is 2. The van der Waals surface area contributed by atoms with Gasteiger partial charge in [0.1, 0.15) is 0 Å². The van der Waals surface area contributed by atoms with Gasteiger partial charge in [0, 0.05) is 14.9 Å². The Kier molecular flexibility index (Phi) is 4.19. The Balaban J connectivity index is 2.31. The summed E-state index contributed by atoms with van der Waals surface area (Å²) in [4.78, 5) is 0. The molecule has 0 aliphatic carbocycles. The molecule has 106 valence electrons. The second kappa shape index (κ2) is 5.14. The SMILES string of the molecule is CC1(C)CC(C(O)c2cc(Br)cc(Br)c2)C(C)(C)O1. The number of aliphatic hydroxyl groups excluding tert-OH is 1. The van der Waals surface area contributed by atoms with Crippen molar-refractivity contribution < 1.29 is 9.84 Å². The molecule has 0 radical (unpaired) electrons. The lowest BCUT2D eigenvalue weighted by Crippen LogP contribution is -2.32. The van der Waals surface area contributed by atoms with Gasteiger partial charge in [0.2, 0.25) is 0 Å². The van der Waals surface area contributed by atoms with Crippen molar-refractivity contribution >= 4 is 31.9 Å². The quantitative estimate of drug-likeness (QED) is 0.781. The van der Waals surface area contributed by atoms with Crippen LogP contribution in [0.5, 0.6) is 0 Å². The molecule has 2 rings (SSSR count). The number of hydrogen-bond donors (Lipinski definition) is 1. The summed E-state index contributed by atoms with van der Waals surface area (Å²) < 4.78 is 8.00. The first-order chi connectivity index (χ1) is 8.61. The summed E-state index contributed by atoms with van der Waals surface area (Å²) in [6, 6.07) is 5.91. The van der Waals surface area contributed by atoms with Crippen LogP contribution in [0.15, 0.2) is 27.1 Å². The molecule has 1 N–H and O–H groups in total. The molecule has 1 heterocycles. The van der Waals surface area contributed by atoms with Gasteiger partial charge in [-0.2, -0.15) is 0 Å². The topological polar surface area (TPSA) is 29.5 Å². The first kappa shape index (κ1) is 15.5. The van der Waals surface area contributed by atoms with E-state index in [0.717, 1.165) is 20.9 Å². The maximum absolute atomic E-state index is 10.7. The predicted molar refractivity (Wildman–Crippen MR) is 84.2 cm³/mol. The molecule has 4 heteroatoms. The van der Waals surface area contributed by atoms with E-state index in [4.69, 9.17) is 4.74 Å². The van der Waals surface area contributed by atoms with Crippen molar-refractivity contribution in [2.45, 2.75) is 51.4 Å². The number of benzene rings is 1. The second-order valence-electron chi connectivity index (χ2n) is 6.42. The van der Waals surface area contributed by atoms with Crippen LogP contribution in [0.2, 0.25) is 0 Å². The molecule has 2 atom stereocenters. The van der Waals surface area contributed by atoms with Crippen LogP contribution in [0.25, 0.3) is 0 Å². The third kappa shape index (κ3) is 3.41. The molecule has 0 spiro atoms. The molecule has 2 unspecified atom stereocenters. The van der Waals surface area contributed by atoms with Crippen LogP contribution in [-0.2, 0) is 4.74 Å². The van der Waals surface area contributed by atoms with Gasteiger partial charge in [-0.3, -0.25) is 0 Å². The zero-order valence-electron chi connectivity index (χ0n) is 11.7. The Hall–Kier alpha value is 0.1000. The molecule has 0 amide bonds. The third-order valence-electron chi connectivity index (χ3n) is 3.75. The van der Waals surface area contributed by atoms with Crippen LogP contribution in [0.4, 0.5) is 0 Å². The summed E-state index contributed by atoms with van der Waals surface area (Å²) in [6.45, 7) is 8.28. The van der Waals surface area contributed by atoms with E-state index in [1.165, 1.54) is 0 Å². The second-order valence-corrected chi connectivity index (χ2v) is 8.25. The fraction of sp³-hybridized carbons (Fsp3) is 0.600. The van der Waals surface area contributed by atoms with Gasteiger partial charge in [0.25, 0.3) is 0 Å². The monoisotopic (exact) mass is 390 g/mol. The molecule has 1 aliphatic rings. The molecule has 1 saturated heterocycles. The highest BCUT2D eigenvalue weighted by molar-refractivity contribution is 9.11. The molecule has 0 aromatic heterocycles. The fourth-order valence-electron chi connectivity index (χ4n) is 3.07. The molecule has 1 aromatic carbocycles.